The van der Waals surface area contributed by atoms with Crippen LogP contribution in [0.25, 0.3) is 0 Å². The number of carbonyl (C=O) groups excluding carboxylic acids is 1. The number of carboxylic acid groups (broad SMARTS) is 1. The molecule has 5 heteroatoms. The molecule has 0 bridgehead atoms. The lowest BCUT2D eigenvalue weighted by atomic mass is 10.1. The van der Waals surface area contributed by atoms with Crippen molar-refractivity contribution in [3.05, 3.63) is 35.9 Å². The Bertz CT molecular complexity index is 406. The first-order chi connectivity index (χ1) is 9.15. The predicted octanol–water partition coefficient (Wildman–Crippen LogP) is 2.30. The van der Waals surface area contributed by atoms with Gasteiger partial charge in [0.15, 0.2) is 6.04 Å². The molecule has 1 rings (SSSR count). The molecule has 1 aromatic rings. The summed E-state index contributed by atoms with van der Waals surface area (Å²) in [5.41, 5.74) is 0.554. The van der Waals surface area contributed by atoms with Crippen molar-refractivity contribution in [3.63, 3.8) is 0 Å². The van der Waals surface area contributed by atoms with Crippen molar-refractivity contribution in [2.75, 3.05) is 6.54 Å². The van der Waals surface area contributed by atoms with Crippen molar-refractivity contribution < 1.29 is 14.7 Å². The van der Waals surface area contributed by atoms with Crippen LogP contribution in [0.1, 0.15) is 37.8 Å². The Labute approximate surface area is 113 Å². The van der Waals surface area contributed by atoms with Crippen LogP contribution in [0.3, 0.4) is 0 Å². The summed E-state index contributed by atoms with van der Waals surface area (Å²) in [5, 5.41) is 14.3. The van der Waals surface area contributed by atoms with E-state index in [1.165, 1.54) is 0 Å². The summed E-state index contributed by atoms with van der Waals surface area (Å²) in [5.74, 6) is -1.07. The maximum atomic E-state index is 11.6. The number of urea groups is 1. The van der Waals surface area contributed by atoms with E-state index in [-0.39, 0.29) is 0 Å². The maximum absolute atomic E-state index is 11.6. The number of rotatable bonds is 7. The minimum Gasteiger partial charge on any atom is -0.479 e. The van der Waals surface area contributed by atoms with Gasteiger partial charge in [0.1, 0.15) is 0 Å². The van der Waals surface area contributed by atoms with Crippen molar-refractivity contribution in [3.8, 4) is 0 Å². The Morgan fingerprint density at radius 2 is 1.89 bits per heavy atom. The Balaban J connectivity index is 2.51. The van der Waals surface area contributed by atoms with Gasteiger partial charge < -0.3 is 15.7 Å². The van der Waals surface area contributed by atoms with Crippen LogP contribution in [0.2, 0.25) is 0 Å². The van der Waals surface area contributed by atoms with E-state index >= 15 is 0 Å². The fourth-order valence-corrected chi connectivity index (χ4v) is 1.69. The van der Waals surface area contributed by atoms with Crippen LogP contribution in [0.15, 0.2) is 30.3 Å². The van der Waals surface area contributed by atoms with Gasteiger partial charge in [0.25, 0.3) is 0 Å². The summed E-state index contributed by atoms with van der Waals surface area (Å²) in [7, 11) is 0. The number of hydrogen-bond acceptors (Lipinski definition) is 2. The van der Waals surface area contributed by atoms with Crippen LogP contribution in [-0.4, -0.2) is 23.7 Å². The summed E-state index contributed by atoms with van der Waals surface area (Å²) in [6.07, 6.45) is 3.01. The fraction of sp³-hybridized carbons (Fsp3) is 0.429. The van der Waals surface area contributed by atoms with Gasteiger partial charge in [-0.05, 0) is 12.0 Å². The Morgan fingerprint density at radius 1 is 1.21 bits per heavy atom. The number of carbonyl (C=O) groups is 2. The molecule has 0 radical (unpaired) electrons. The summed E-state index contributed by atoms with van der Waals surface area (Å²) in [6.45, 7) is 2.64. The smallest absolute Gasteiger partial charge is 0.330 e. The molecule has 19 heavy (non-hydrogen) atoms. The molecular weight excluding hydrogens is 244 g/mol. The van der Waals surface area contributed by atoms with E-state index in [4.69, 9.17) is 5.11 Å². The lowest BCUT2D eigenvalue weighted by Gasteiger charge is -2.15. The topological polar surface area (TPSA) is 78.4 Å². The van der Waals surface area contributed by atoms with E-state index in [1.54, 1.807) is 30.3 Å². The molecule has 0 saturated carbocycles. The zero-order valence-electron chi connectivity index (χ0n) is 11.1. The number of nitrogens with one attached hydrogen (secondary N) is 2. The molecule has 0 saturated heterocycles. The van der Waals surface area contributed by atoms with Crippen LogP contribution in [-0.2, 0) is 4.79 Å². The number of hydrogen-bond donors (Lipinski definition) is 3. The second-order valence-corrected chi connectivity index (χ2v) is 4.29. The highest BCUT2D eigenvalue weighted by Crippen LogP contribution is 2.12. The molecule has 0 aliphatic heterocycles. The van der Waals surface area contributed by atoms with E-state index in [2.05, 4.69) is 17.6 Å². The standard InChI is InChI=1S/C14H20N2O3/c1-2-3-7-10-15-14(19)16-12(13(17)18)11-8-5-4-6-9-11/h4-6,8-9,12H,2-3,7,10H2,1H3,(H,17,18)(H2,15,16,19)/t12-/m1/s1. The van der Waals surface area contributed by atoms with Crippen molar-refractivity contribution >= 4 is 12.0 Å². The van der Waals surface area contributed by atoms with E-state index < -0.39 is 18.0 Å². The fourth-order valence-electron chi connectivity index (χ4n) is 1.69. The number of benzene rings is 1. The first-order valence-electron chi connectivity index (χ1n) is 6.47. The maximum Gasteiger partial charge on any atom is 0.330 e. The second-order valence-electron chi connectivity index (χ2n) is 4.29. The minimum absolute atomic E-state index is 0.452. The molecule has 104 valence electrons. The summed E-state index contributed by atoms with van der Waals surface area (Å²) >= 11 is 0. The summed E-state index contributed by atoms with van der Waals surface area (Å²) < 4.78 is 0. The molecule has 5 nitrogen and oxygen atoms in total. The Hall–Kier alpha value is -2.04. The molecule has 0 aliphatic carbocycles. The van der Waals surface area contributed by atoms with Crippen LogP contribution in [0.4, 0.5) is 4.79 Å². The van der Waals surface area contributed by atoms with Gasteiger partial charge in [0.05, 0.1) is 0 Å². The van der Waals surface area contributed by atoms with E-state index in [9.17, 15) is 9.59 Å². The molecule has 1 atom stereocenters. The van der Waals surface area contributed by atoms with E-state index in [1.807, 2.05) is 0 Å². The average Bonchev–Trinajstić information content (AvgIpc) is 2.41. The van der Waals surface area contributed by atoms with Gasteiger partial charge in [0.2, 0.25) is 0 Å². The van der Waals surface area contributed by atoms with Crippen molar-refractivity contribution in [2.45, 2.75) is 32.2 Å². The zero-order valence-corrected chi connectivity index (χ0v) is 11.1. The quantitative estimate of drug-likeness (QED) is 0.661. The van der Waals surface area contributed by atoms with Crippen molar-refractivity contribution in [1.82, 2.24) is 10.6 Å². The van der Waals surface area contributed by atoms with Gasteiger partial charge in [-0.25, -0.2) is 9.59 Å². The number of amides is 2. The van der Waals surface area contributed by atoms with Crippen LogP contribution in [0, 0.1) is 0 Å². The lowest BCUT2D eigenvalue weighted by molar-refractivity contribution is -0.139. The van der Waals surface area contributed by atoms with Crippen molar-refractivity contribution in [1.29, 1.82) is 0 Å². The average molecular weight is 264 g/mol. The Morgan fingerprint density at radius 3 is 2.47 bits per heavy atom. The van der Waals surface area contributed by atoms with Gasteiger partial charge in [-0.2, -0.15) is 0 Å². The van der Waals surface area contributed by atoms with Crippen LogP contribution in [0.5, 0.6) is 0 Å². The number of aliphatic carboxylic acids is 1. The van der Waals surface area contributed by atoms with E-state index in [0.717, 1.165) is 19.3 Å². The molecule has 0 spiro atoms. The molecule has 0 fully saturated rings. The minimum atomic E-state index is -1.07. The molecule has 0 unspecified atom stereocenters. The SMILES string of the molecule is CCCCCNC(=O)N[C@@H](C(=O)O)c1ccccc1. The normalized spacial score (nSPS) is 11.6. The molecular formula is C14H20N2O3. The molecule has 0 aromatic heterocycles. The number of unbranched alkanes of at least 4 members (excludes halogenated alkanes) is 2. The molecule has 0 heterocycles. The first-order valence-corrected chi connectivity index (χ1v) is 6.47. The van der Waals surface area contributed by atoms with Gasteiger partial charge in [-0.15, -0.1) is 0 Å². The first kappa shape index (κ1) is 15.0. The lowest BCUT2D eigenvalue weighted by Crippen LogP contribution is -2.41. The van der Waals surface area contributed by atoms with E-state index in [0.29, 0.717) is 12.1 Å². The Kier molecular flexibility index (Phi) is 6.43. The second kappa shape index (κ2) is 8.13. The highest BCUT2D eigenvalue weighted by molar-refractivity contribution is 5.83. The largest absolute Gasteiger partial charge is 0.479 e. The highest BCUT2D eigenvalue weighted by atomic mass is 16.4. The zero-order chi connectivity index (χ0) is 14.1. The third-order valence-electron chi connectivity index (χ3n) is 2.72. The van der Waals surface area contributed by atoms with Gasteiger partial charge in [-0.3, -0.25) is 0 Å². The molecule has 2 amide bonds. The summed E-state index contributed by atoms with van der Waals surface area (Å²) in [6, 6.07) is 7.16. The molecule has 0 aliphatic rings. The third-order valence-corrected chi connectivity index (χ3v) is 2.72. The van der Waals surface area contributed by atoms with Gasteiger partial charge in [0, 0.05) is 6.54 Å². The molecule has 1 aromatic carbocycles. The predicted molar refractivity (Wildman–Crippen MR) is 72.9 cm³/mol. The highest BCUT2D eigenvalue weighted by Gasteiger charge is 2.21. The number of carboxylic acids is 1. The third kappa shape index (κ3) is 5.42. The monoisotopic (exact) mass is 264 g/mol. The summed E-state index contributed by atoms with van der Waals surface area (Å²) in [4.78, 5) is 22.8. The van der Waals surface area contributed by atoms with Crippen LogP contribution >= 0.6 is 0 Å². The van der Waals surface area contributed by atoms with Crippen molar-refractivity contribution in [2.24, 2.45) is 0 Å². The van der Waals surface area contributed by atoms with Crippen LogP contribution < -0.4 is 10.6 Å². The van der Waals surface area contributed by atoms with Gasteiger partial charge >= 0.3 is 12.0 Å². The molecule has 3 N–H and O–H groups in total. The van der Waals surface area contributed by atoms with Gasteiger partial charge in [-0.1, -0.05) is 50.1 Å².